The van der Waals surface area contributed by atoms with E-state index in [-0.39, 0.29) is 0 Å². The van der Waals surface area contributed by atoms with E-state index in [1.54, 1.807) is 0 Å². The maximum atomic E-state index is 10.2. The molecule has 1 fully saturated rings. The fraction of sp³-hybridized carbons (Fsp3) is 1.00. The minimum Gasteiger partial charge on any atom is -0.388 e. The predicted molar refractivity (Wildman–Crippen MR) is 50.9 cm³/mol. The first kappa shape index (κ1) is 9.40. The van der Waals surface area contributed by atoms with Crippen molar-refractivity contribution >= 4 is 11.8 Å². The van der Waals surface area contributed by atoms with E-state index in [0.717, 1.165) is 6.42 Å². The SMILES string of the molecule is CC(C)C1(O)CCCSC1C. The standard InChI is InChI=1S/C9H18OS/c1-7(2)9(10)5-4-6-11-8(9)3/h7-8,10H,4-6H2,1-3H3. The van der Waals surface area contributed by atoms with Gasteiger partial charge < -0.3 is 5.11 Å². The van der Waals surface area contributed by atoms with E-state index in [1.165, 1.54) is 12.2 Å². The number of hydrogen-bond donors (Lipinski definition) is 1. The van der Waals surface area contributed by atoms with E-state index in [0.29, 0.717) is 11.2 Å². The lowest BCUT2D eigenvalue weighted by molar-refractivity contribution is -0.0143. The monoisotopic (exact) mass is 174 g/mol. The number of aliphatic hydroxyl groups is 1. The molecule has 2 heteroatoms. The highest BCUT2D eigenvalue weighted by Gasteiger charge is 2.39. The minimum absolute atomic E-state index is 0.394. The van der Waals surface area contributed by atoms with Crippen molar-refractivity contribution in [1.82, 2.24) is 0 Å². The average Bonchev–Trinajstić information content (AvgIpc) is 1.95. The van der Waals surface area contributed by atoms with Gasteiger partial charge in [-0.15, -0.1) is 0 Å². The van der Waals surface area contributed by atoms with Gasteiger partial charge in [-0.25, -0.2) is 0 Å². The highest BCUT2D eigenvalue weighted by atomic mass is 32.2. The molecule has 1 N–H and O–H groups in total. The summed E-state index contributed by atoms with van der Waals surface area (Å²) in [5.74, 6) is 1.61. The van der Waals surface area contributed by atoms with Gasteiger partial charge in [-0.05, 0) is 24.5 Å². The number of rotatable bonds is 1. The van der Waals surface area contributed by atoms with Crippen molar-refractivity contribution in [2.75, 3.05) is 5.75 Å². The van der Waals surface area contributed by atoms with Crippen LogP contribution in [0.25, 0.3) is 0 Å². The molecule has 0 aliphatic carbocycles. The highest BCUT2D eigenvalue weighted by molar-refractivity contribution is 8.00. The zero-order chi connectivity index (χ0) is 8.48. The summed E-state index contributed by atoms with van der Waals surface area (Å²) in [4.78, 5) is 0. The summed E-state index contributed by atoms with van der Waals surface area (Å²) in [6.07, 6.45) is 2.16. The third kappa shape index (κ3) is 1.73. The lowest BCUT2D eigenvalue weighted by Crippen LogP contribution is -2.46. The van der Waals surface area contributed by atoms with Crippen molar-refractivity contribution in [2.45, 2.75) is 44.5 Å². The van der Waals surface area contributed by atoms with Gasteiger partial charge in [-0.3, -0.25) is 0 Å². The molecule has 0 aromatic rings. The zero-order valence-corrected chi connectivity index (χ0v) is 8.45. The van der Waals surface area contributed by atoms with Crippen LogP contribution in [0, 0.1) is 5.92 Å². The Kier molecular flexibility index (Phi) is 2.87. The average molecular weight is 174 g/mol. The van der Waals surface area contributed by atoms with Crippen LogP contribution in [0.1, 0.15) is 33.6 Å². The van der Waals surface area contributed by atoms with Crippen molar-refractivity contribution in [3.8, 4) is 0 Å². The molecule has 11 heavy (non-hydrogen) atoms. The Labute approximate surface area is 73.6 Å². The van der Waals surface area contributed by atoms with Crippen LogP contribution in [-0.4, -0.2) is 21.7 Å². The lowest BCUT2D eigenvalue weighted by atomic mass is 9.83. The molecule has 1 aliphatic rings. The molecule has 0 aromatic heterocycles. The summed E-state index contributed by atoms with van der Waals surface area (Å²) in [6.45, 7) is 6.37. The van der Waals surface area contributed by atoms with E-state index >= 15 is 0 Å². The zero-order valence-electron chi connectivity index (χ0n) is 7.63. The van der Waals surface area contributed by atoms with Gasteiger partial charge in [0, 0.05) is 5.25 Å². The van der Waals surface area contributed by atoms with Crippen molar-refractivity contribution in [1.29, 1.82) is 0 Å². The van der Waals surface area contributed by atoms with Crippen LogP contribution in [0.15, 0.2) is 0 Å². The molecule has 1 aliphatic heterocycles. The van der Waals surface area contributed by atoms with Crippen molar-refractivity contribution in [2.24, 2.45) is 5.92 Å². The molecule has 1 rings (SSSR count). The van der Waals surface area contributed by atoms with Gasteiger partial charge in [0.2, 0.25) is 0 Å². The Balaban J connectivity index is 2.64. The first-order chi connectivity index (χ1) is 5.07. The molecular weight excluding hydrogens is 156 g/mol. The second-order valence-corrected chi connectivity index (χ2v) is 5.21. The molecule has 2 unspecified atom stereocenters. The molecule has 66 valence electrons. The van der Waals surface area contributed by atoms with E-state index in [1.807, 2.05) is 11.8 Å². The van der Waals surface area contributed by atoms with E-state index in [4.69, 9.17) is 0 Å². The Morgan fingerprint density at radius 3 is 2.55 bits per heavy atom. The molecule has 0 bridgehead atoms. The molecule has 0 saturated carbocycles. The maximum absolute atomic E-state index is 10.2. The normalized spacial score (nSPS) is 39.5. The van der Waals surface area contributed by atoms with Crippen molar-refractivity contribution < 1.29 is 5.11 Å². The van der Waals surface area contributed by atoms with Crippen molar-refractivity contribution in [3.63, 3.8) is 0 Å². The molecule has 0 radical (unpaired) electrons. The predicted octanol–water partition coefficient (Wildman–Crippen LogP) is 2.29. The summed E-state index contributed by atoms with van der Waals surface area (Å²) in [6, 6.07) is 0. The molecule has 0 amide bonds. The van der Waals surface area contributed by atoms with E-state index in [9.17, 15) is 5.11 Å². The molecular formula is C9H18OS. The summed E-state index contributed by atoms with van der Waals surface area (Å²) >= 11 is 1.90. The summed E-state index contributed by atoms with van der Waals surface area (Å²) in [5.41, 5.74) is -0.400. The Morgan fingerprint density at radius 2 is 2.18 bits per heavy atom. The molecule has 1 heterocycles. The third-order valence-corrected chi connectivity index (χ3v) is 4.23. The van der Waals surface area contributed by atoms with Gasteiger partial charge in [-0.2, -0.15) is 11.8 Å². The van der Waals surface area contributed by atoms with Crippen LogP contribution in [0.5, 0.6) is 0 Å². The first-order valence-corrected chi connectivity index (χ1v) is 5.46. The topological polar surface area (TPSA) is 20.2 Å². The first-order valence-electron chi connectivity index (χ1n) is 4.41. The van der Waals surface area contributed by atoms with Gasteiger partial charge in [0.15, 0.2) is 0 Å². The summed E-state index contributed by atoms with van der Waals surface area (Å²) in [5, 5.41) is 10.6. The van der Waals surface area contributed by atoms with Gasteiger partial charge in [0.25, 0.3) is 0 Å². The van der Waals surface area contributed by atoms with Crippen LogP contribution in [0.4, 0.5) is 0 Å². The van der Waals surface area contributed by atoms with Crippen molar-refractivity contribution in [3.05, 3.63) is 0 Å². The number of hydrogen-bond acceptors (Lipinski definition) is 2. The molecule has 0 aromatic carbocycles. The van der Waals surface area contributed by atoms with Crippen LogP contribution in [0.2, 0.25) is 0 Å². The van der Waals surface area contributed by atoms with Gasteiger partial charge >= 0.3 is 0 Å². The smallest absolute Gasteiger partial charge is 0.0786 e. The maximum Gasteiger partial charge on any atom is 0.0786 e. The summed E-state index contributed by atoms with van der Waals surface area (Å²) < 4.78 is 0. The molecule has 0 spiro atoms. The van der Waals surface area contributed by atoms with Crippen LogP contribution in [-0.2, 0) is 0 Å². The van der Waals surface area contributed by atoms with Crippen LogP contribution < -0.4 is 0 Å². The van der Waals surface area contributed by atoms with Crippen LogP contribution in [0.3, 0.4) is 0 Å². The third-order valence-electron chi connectivity index (χ3n) is 2.79. The number of thioether (sulfide) groups is 1. The highest BCUT2D eigenvalue weighted by Crippen LogP contribution is 2.38. The Morgan fingerprint density at radius 1 is 1.55 bits per heavy atom. The minimum atomic E-state index is -0.400. The fourth-order valence-electron chi connectivity index (χ4n) is 1.72. The Hall–Kier alpha value is 0.310. The second-order valence-electron chi connectivity index (χ2n) is 3.76. The van der Waals surface area contributed by atoms with E-state index in [2.05, 4.69) is 20.8 Å². The molecule has 1 nitrogen and oxygen atoms in total. The fourth-order valence-corrected chi connectivity index (χ4v) is 3.06. The second kappa shape index (κ2) is 3.36. The lowest BCUT2D eigenvalue weighted by Gasteiger charge is -2.40. The summed E-state index contributed by atoms with van der Waals surface area (Å²) in [7, 11) is 0. The van der Waals surface area contributed by atoms with Gasteiger partial charge in [-0.1, -0.05) is 20.8 Å². The quantitative estimate of drug-likeness (QED) is 0.658. The van der Waals surface area contributed by atoms with Gasteiger partial charge in [0.1, 0.15) is 0 Å². The molecule has 2 atom stereocenters. The van der Waals surface area contributed by atoms with E-state index < -0.39 is 5.60 Å². The Bertz CT molecular complexity index is 136. The largest absolute Gasteiger partial charge is 0.388 e. The van der Waals surface area contributed by atoms with Gasteiger partial charge in [0.05, 0.1) is 5.60 Å². The van der Waals surface area contributed by atoms with Crippen LogP contribution >= 0.6 is 11.8 Å². The molecule has 1 saturated heterocycles.